The summed E-state index contributed by atoms with van der Waals surface area (Å²) in [6, 6.07) is 3.49. The first kappa shape index (κ1) is 34.3. The third-order valence-electron chi connectivity index (χ3n) is 6.35. The molecule has 5 N–H and O–H groups in total. The lowest BCUT2D eigenvalue weighted by atomic mass is 9.78. The highest BCUT2D eigenvalue weighted by molar-refractivity contribution is 7.17. The smallest absolute Gasteiger partial charge is 0.355 e. The molecule has 0 radical (unpaired) electrons. The Balaban J connectivity index is 2.32. The fourth-order valence-corrected chi connectivity index (χ4v) is 6.08. The van der Waals surface area contributed by atoms with Crippen molar-refractivity contribution in [2.45, 2.75) is 77.9 Å². The zero-order valence-electron chi connectivity index (χ0n) is 24.8. The number of nitrogens with two attached hydrogens (primary N) is 1. The third kappa shape index (κ3) is 7.68. The first-order valence-electron chi connectivity index (χ1n) is 13.1. The van der Waals surface area contributed by atoms with Crippen LogP contribution in [0.2, 0.25) is 0 Å². The Morgan fingerprint density at radius 3 is 2.14 bits per heavy atom. The maximum atomic E-state index is 14.3. The van der Waals surface area contributed by atoms with Crippen molar-refractivity contribution in [2.24, 2.45) is 5.73 Å². The Morgan fingerprint density at radius 2 is 1.69 bits per heavy atom. The van der Waals surface area contributed by atoms with Gasteiger partial charge in [-0.2, -0.15) is 0 Å². The number of esters is 1. The summed E-state index contributed by atoms with van der Waals surface area (Å²) in [4.78, 5) is 58.5. The number of aromatic nitrogens is 1. The molecule has 14 heteroatoms. The van der Waals surface area contributed by atoms with Gasteiger partial charge in [-0.15, -0.1) is 0 Å². The number of aliphatic carboxylic acids is 2. The Hall–Kier alpha value is -3.91. The Labute approximate surface area is 247 Å². The monoisotopic (exact) mass is 607 g/mol. The standard InChI is InChI=1S/C28H38FN5O7S/c1-8-33(25-32-15-19(42-25)23(38)41-18-10-9-16(22(30)31)13-17(18)29)12-11-20(35)28(24(39)40,14-21(36)37)34(26(2,3)4)27(5,6)7/h9-10,13,15H,8,11-12,14H2,1-7H3,(H3,30,31)(H,36,37)(H,39,40). The molecule has 1 atom stereocenters. The summed E-state index contributed by atoms with van der Waals surface area (Å²) in [5.41, 5.74) is 1.35. The van der Waals surface area contributed by atoms with Gasteiger partial charge in [-0.05, 0) is 66.7 Å². The Kier molecular flexibility index (Phi) is 10.6. The first-order chi connectivity index (χ1) is 19.2. The minimum absolute atomic E-state index is 0.00472. The van der Waals surface area contributed by atoms with E-state index in [4.69, 9.17) is 15.9 Å². The van der Waals surface area contributed by atoms with E-state index in [0.717, 1.165) is 17.4 Å². The lowest BCUT2D eigenvalue weighted by molar-refractivity contribution is -0.176. The van der Waals surface area contributed by atoms with Gasteiger partial charge in [0.15, 0.2) is 28.0 Å². The van der Waals surface area contributed by atoms with Crippen molar-refractivity contribution in [3.8, 4) is 5.75 Å². The molecule has 2 rings (SSSR count). The molecule has 0 amide bonds. The Bertz CT molecular complexity index is 1350. The number of hydrogen-bond donors (Lipinski definition) is 4. The number of nitrogens with one attached hydrogen (secondary N) is 1. The van der Waals surface area contributed by atoms with Gasteiger partial charge in [0.1, 0.15) is 10.7 Å². The van der Waals surface area contributed by atoms with Crippen molar-refractivity contribution in [2.75, 3.05) is 18.0 Å². The molecule has 0 spiro atoms. The molecule has 230 valence electrons. The number of carbonyl (C=O) groups is 4. The average Bonchev–Trinajstić information content (AvgIpc) is 3.33. The molecular formula is C28H38FN5O7S. The topological polar surface area (TPSA) is 187 Å². The fraction of sp³-hybridized carbons (Fsp3) is 0.500. The summed E-state index contributed by atoms with van der Waals surface area (Å²) in [5, 5.41) is 27.8. The number of halogens is 1. The fourth-order valence-electron chi connectivity index (χ4n) is 5.20. The normalized spacial score (nSPS) is 13.4. The van der Waals surface area contributed by atoms with Crippen LogP contribution in [0, 0.1) is 11.2 Å². The molecule has 1 heterocycles. The quantitative estimate of drug-likeness (QED) is 0.0853. The molecule has 12 nitrogen and oxygen atoms in total. The van der Waals surface area contributed by atoms with Crippen LogP contribution < -0.4 is 15.4 Å². The molecule has 0 fully saturated rings. The number of rotatable bonds is 13. The number of amidine groups is 1. The van der Waals surface area contributed by atoms with E-state index in [1.165, 1.54) is 23.2 Å². The van der Waals surface area contributed by atoms with Crippen LogP contribution in [0.15, 0.2) is 24.4 Å². The highest BCUT2D eigenvalue weighted by Crippen LogP contribution is 2.38. The second kappa shape index (κ2) is 12.9. The number of ketones is 1. The molecule has 0 aliphatic rings. The predicted molar refractivity (Wildman–Crippen MR) is 156 cm³/mol. The summed E-state index contributed by atoms with van der Waals surface area (Å²) in [7, 11) is 0. The molecule has 1 aromatic carbocycles. The molecule has 0 saturated carbocycles. The number of Topliss-reactive ketones (excluding diaryl/α,β-unsaturated/α-hetero) is 1. The lowest BCUT2D eigenvalue weighted by Crippen LogP contribution is -2.71. The second-order valence-corrected chi connectivity index (χ2v) is 12.6. The summed E-state index contributed by atoms with van der Waals surface area (Å²) in [6.07, 6.45) is -0.0102. The number of nitrogens with zero attached hydrogens (tertiary/aromatic N) is 3. The highest BCUT2D eigenvalue weighted by atomic mass is 32.1. The second-order valence-electron chi connectivity index (χ2n) is 11.6. The Morgan fingerprint density at radius 1 is 1.10 bits per heavy atom. The van der Waals surface area contributed by atoms with E-state index in [1.807, 2.05) is 0 Å². The van der Waals surface area contributed by atoms with E-state index < -0.39 is 52.5 Å². The van der Waals surface area contributed by atoms with Gasteiger partial charge in [-0.25, -0.2) is 19.0 Å². The van der Waals surface area contributed by atoms with E-state index in [-0.39, 0.29) is 35.0 Å². The van der Waals surface area contributed by atoms with Crippen LogP contribution in [0.4, 0.5) is 9.52 Å². The molecule has 0 aliphatic heterocycles. The highest BCUT2D eigenvalue weighted by Gasteiger charge is 2.58. The van der Waals surface area contributed by atoms with Crippen LogP contribution in [0.1, 0.15) is 76.5 Å². The van der Waals surface area contributed by atoms with Crippen molar-refractivity contribution in [1.82, 2.24) is 9.88 Å². The molecule has 1 unspecified atom stereocenters. The van der Waals surface area contributed by atoms with Gasteiger partial charge in [0.05, 0.1) is 12.6 Å². The van der Waals surface area contributed by atoms with Gasteiger partial charge in [0, 0.05) is 36.2 Å². The summed E-state index contributed by atoms with van der Waals surface area (Å²) in [5.74, 6) is -6.21. The van der Waals surface area contributed by atoms with Crippen LogP contribution >= 0.6 is 11.3 Å². The SMILES string of the molecule is CCN(CCC(=O)C(CC(=O)O)(C(=O)O)N(C(C)(C)C)C(C)(C)C)c1ncc(C(=O)Oc2ccc(C(=N)N)cc2F)s1. The van der Waals surface area contributed by atoms with Crippen LogP contribution in [-0.2, 0) is 14.4 Å². The van der Waals surface area contributed by atoms with Crippen LogP contribution in [0.3, 0.4) is 0 Å². The number of nitrogen functional groups attached to an aromatic ring is 1. The van der Waals surface area contributed by atoms with Gasteiger partial charge >= 0.3 is 17.9 Å². The predicted octanol–water partition coefficient (Wildman–Crippen LogP) is 3.77. The number of benzene rings is 1. The van der Waals surface area contributed by atoms with Crippen molar-refractivity contribution in [3.05, 3.63) is 40.7 Å². The summed E-state index contributed by atoms with van der Waals surface area (Å²) < 4.78 is 19.5. The van der Waals surface area contributed by atoms with Gasteiger partial charge in [0.25, 0.3) is 0 Å². The summed E-state index contributed by atoms with van der Waals surface area (Å²) >= 11 is 0.929. The lowest BCUT2D eigenvalue weighted by Gasteiger charge is -2.53. The number of hydrogen-bond acceptors (Lipinski definition) is 10. The van der Waals surface area contributed by atoms with Gasteiger partial charge < -0.3 is 25.6 Å². The molecule has 2 aromatic rings. The van der Waals surface area contributed by atoms with Crippen molar-refractivity contribution in [3.63, 3.8) is 0 Å². The molecular weight excluding hydrogens is 569 g/mol. The number of ether oxygens (including phenoxy) is 1. The van der Waals surface area contributed by atoms with E-state index in [2.05, 4.69) is 4.98 Å². The molecule has 0 bridgehead atoms. The van der Waals surface area contributed by atoms with Crippen molar-refractivity contribution in [1.29, 1.82) is 5.41 Å². The molecule has 0 aliphatic carbocycles. The van der Waals surface area contributed by atoms with Crippen LogP contribution in [0.25, 0.3) is 0 Å². The summed E-state index contributed by atoms with van der Waals surface area (Å²) in [6.45, 7) is 12.5. The molecule has 1 aromatic heterocycles. The zero-order chi connectivity index (χ0) is 32.2. The molecule has 42 heavy (non-hydrogen) atoms. The number of thiazole rings is 1. The maximum Gasteiger partial charge on any atom is 0.355 e. The van der Waals surface area contributed by atoms with Crippen LogP contribution in [0.5, 0.6) is 5.75 Å². The maximum absolute atomic E-state index is 14.3. The van der Waals surface area contributed by atoms with Gasteiger partial charge in [-0.1, -0.05) is 11.3 Å². The zero-order valence-corrected chi connectivity index (χ0v) is 25.6. The number of carbonyl (C=O) groups excluding carboxylic acids is 2. The minimum Gasteiger partial charge on any atom is -0.481 e. The number of anilines is 1. The van der Waals surface area contributed by atoms with Crippen molar-refractivity contribution >= 4 is 46.0 Å². The van der Waals surface area contributed by atoms with Crippen LogP contribution in [-0.4, -0.2) is 79.3 Å². The third-order valence-corrected chi connectivity index (χ3v) is 7.38. The van der Waals surface area contributed by atoms with Crippen molar-refractivity contribution < 1.29 is 38.5 Å². The minimum atomic E-state index is -2.35. The van der Waals surface area contributed by atoms with Gasteiger partial charge in [-0.3, -0.25) is 19.9 Å². The van der Waals surface area contributed by atoms with E-state index in [0.29, 0.717) is 11.7 Å². The molecule has 0 saturated heterocycles. The number of carboxylic acids is 2. The van der Waals surface area contributed by atoms with Gasteiger partial charge in [0.2, 0.25) is 0 Å². The van der Waals surface area contributed by atoms with E-state index >= 15 is 0 Å². The average molecular weight is 608 g/mol. The first-order valence-corrected chi connectivity index (χ1v) is 13.9. The van der Waals surface area contributed by atoms with E-state index in [9.17, 15) is 33.8 Å². The largest absolute Gasteiger partial charge is 0.481 e. The van der Waals surface area contributed by atoms with E-state index in [1.54, 1.807) is 53.4 Å². The number of carboxylic acid groups (broad SMARTS) is 2.